The van der Waals surface area contributed by atoms with E-state index in [1.165, 1.54) is 12.1 Å². The topological polar surface area (TPSA) is 62.4 Å². The van der Waals surface area contributed by atoms with Gasteiger partial charge in [-0.1, -0.05) is 25.5 Å². The number of aliphatic imine (C=N–C) groups is 1. The highest BCUT2D eigenvalue weighted by atomic mass is 19.1. The average molecular weight is 266 g/mol. The van der Waals surface area contributed by atoms with Gasteiger partial charge < -0.3 is 5.32 Å². The van der Waals surface area contributed by atoms with Gasteiger partial charge in [-0.2, -0.15) is 0 Å². The monoisotopic (exact) mass is 266 g/mol. The van der Waals surface area contributed by atoms with E-state index in [-0.39, 0.29) is 11.9 Å². The first-order valence-electron chi connectivity index (χ1n) is 6.67. The quantitative estimate of drug-likeness (QED) is 0.242. The van der Waals surface area contributed by atoms with E-state index in [1.807, 2.05) is 6.92 Å². The molecule has 1 aromatic rings. The highest BCUT2D eigenvalue weighted by Gasteiger charge is 2.05. The fourth-order valence-electron chi connectivity index (χ4n) is 1.74. The van der Waals surface area contributed by atoms with Gasteiger partial charge in [0.1, 0.15) is 5.82 Å². The summed E-state index contributed by atoms with van der Waals surface area (Å²) in [5.74, 6) is 5.81. The van der Waals surface area contributed by atoms with Crippen LogP contribution in [0.5, 0.6) is 0 Å². The van der Waals surface area contributed by atoms with Crippen molar-refractivity contribution < 1.29 is 4.39 Å². The van der Waals surface area contributed by atoms with Gasteiger partial charge in [0.25, 0.3) is 0 Å². The van der Waals surface area contributed by atoms with Gasteiger partial charge in [0, 0.05) is 12.6 Å². The van der Waals surface area contributed by atoms with E-state index in [1.54, 1.807) is 12.1 Å². The van der Waals surface area contributed by atoms with Crippen molar-refractivity contribution in [2.45, 2.75) is 39.2 Å². The third-order valence-electron chi connectivity index (χ3n) is 2.76. The Morgan fingerprint density at radius 3 is 2.63 bits per heavy atom. The predicted octanol–water partition coefficient (Wildman–Crippen LogP) is 1.97. The predicted molar refractivity (Wildman–Crippen MR) is 77.2 cm³/mol. The number of hydrogen-bond donors (Lipinski definition) is 3. The molecule has 1 aromatic carbocycles. The van der Waals surface area contributed by atoms with Crippen LogP contribution in [0.25, 0.3) is 0 Å². The van der Waals surface area contributed by atoms with Crippen molar-refractivity contribution >= 4 is 5.96 Å². The number of guanidine groups is 1. The second kappa shape index (κ2) is 8.48. The Bertz CT molecular complexity index is 389. The van der Waals surface area contributed by atoms with Gasteiger partial charge in [0.05, 0.1) is 0 Å². The molecule has 1 atom stereocenters. The lowest BCUT2D eigenvalue weighted by Gasteiger charge is -2.16. The second-order valence-corrected chi connectivity index (χ2v) is 4.60. The van der Waals surface area contributed by atoms with Crippen molar-refractivity contribution in [2.24, 2.45) is 10.8 Å². The van der Waals surface area contributed by atoms with Crippen molar-refractivity contribution in [1.29, 1.82) is 0 Å². The van der Waals surface area contributed by atoms with Gasteiger partial charge in [-0.15, -0.1) is 0 Å². The summed E-state index contributed by atoms with van der Waals surface area (Å²) < 4.78 is 12.8. The van der Waals surface area contributed by atoms with Gasteiger partial charge in [0.2, 0.25) is 5.96 Å². The summed E-state index contributed by atoms with van der Waals surface area (Å²) in [7, 11) is 0. The third-order valence-corrected chi connectivity index (χ3v) is 2.76. The summed E-state index contributed by atoms with van der Waals surface area (Å²) in [6, 6.07) is 6.69. The van der Waals surface area contributed by atoms with Gasteiger partial charge >= 0.3 is 0 Å². The number of hydrazine groups is 1. The van der Waals surface area contributed by atoms with Crippen molar-refractivity contribution in [3.63, 3.8) is 0 Å². The lowest BCUT2D eigenvalue weighted by Crippen LogP contribution is -2.46. The van der Waals surface area contributed by atoms with E-state index in [2.05, 4.69) is 22.7 Å². The molecule has 1 rings (SSSR count). The van der Waals surface area contributed by atoms with Crippen LogP contribution >= 0.6 is 0 Å². The van der Waals surface area contributed by atoms with Gasteiger partial charge in [-0.25, -0.2) is 10.2 Å². The smallest absolute Gasteiger partial charge is 0.205 e. The average Bonchev–Trinajstić information content (AvgIpc) is 2.40. The minimum Gasteiger partial charge on any atom is -0.353 e. The second-order valence-electron chi connectivity index (χ2n) is 4.60. The molecule has 106 valence electrons. The number of hydrogen-bond acceptors (Lipinski definition) is 2. The van der Waals surface area contributed by atoms with E-state index in [0.717, 1.165) is 31.4 Å². The van der Waals surface area contributed by atoms with Crippen LogP contribution in [0.1, 0.15) is 32.3 Å². The molecule has 0 fully saturated rings. The number of nitrogens with zero attached hydrogens (tertiary/aromatic N) is 1. The number of halogens is 1. The zero-order valence-corrected chi connectivity index (χ0v) is 11.6. The number of benzene rings is 1. The normalized spacial score (nSPS) is 13.2. The molecule has 5 heteroatoms. The van der Waals surface area contributed by atoms with Crippen molar-refractivity contribution in [2.75, 3.05) is 6.54 Å². The van der Waals surface area contributed by atoms with Crippen LogP contribution in [0, 0.1) is 5.82 Å². The van der Waals surface area contributed by atoms with Gasteiger partial charge in [0.15, 0.2) is 0 Å². The molecule has 0 aliphatic heterocycles. The molecule has 0 heterocycles. The zero-order valence-electron chi connectivity index (χ0n) is 11.6. The summed E-state index contributed by atoms with van der Waals surface area (Å²) in [5, 5.41) is 3.21. The molecule has 4 N–H and O–H groups in total. The minimum atomic E-state index is -0.213. The van der Waals surface area contributed by atoms with E-state index in [9.17, 15) is 4.39 Å². The molecule has 0 saturated heterocycles. The molecule has 0 spiro atoms. The largest absolute Gasteiger partial charge is 0.353 e. The Labute approximate surface area is 114 Å². The first kappa shape index (κ1) is 15.4. The number of rotatable bonds is 6. The van der Waals surface area contributed by atoms with Crippen LogP contribution in [0.4, 0.5) is 4.39 Å². The summed E-state index contributed by atoms with van der Waals surface area (Å²) >= 11 is 0. The summed E-state index contributed by atoms with van der Waals surface area (Å²) in [4.78, 5) is 4.34. The molecule has 0 amide bonds. The van der Waals surface area contributed by atoms with E-state index >= 15 is 0 Å². The highest BCUT2D eigenvalue weighted by molar-refractivity contribution is 5.79. The van der Waals surface area contributed by atoms with Crippen molar-refractivity contribution in [3.05, 3.63) is 35.6 Å². The van der Waals surface area contributed by atoms with Crippen LogP contribution in [-0.2, 0) is 6.42 Å². The molecular formula is C14H23FN4. The van der Waals surface area contributed by atoms with Crippen molar-refractivity contribution in [3.8, 4) is 0 Å². The Kier molecular flexibility index (Phi) is 6.89. The molecule has 0 saturated carbocycles. The fourth-order valence-corrected chi connectivity index (χ4v) is 1.74. The van der Waals surface area contributed by atoms with Crippen molar-refractivity contribution in [1.82, 2.24) is 10.7 Å². The molecule has 0 bridgehead atoms. The highest BCUT2D eigenvalue weighted by Crippen LogP contribution is 2.05. The molecule has 0 aliphatic rings. The Morgan fingerprint density at radius 2 is 2.05 bits per heavy atom. The Morgan fingerprint density at radius 1 is 1.37 bits per heavy atom. The molecule has 1 unspecified atom stereocenters. The van der Waals surface area contributed by atoms with Crippen LogP contribution in [0.2, 0.25) is 0 Å². The van der Waals surface area contributed by atoms with Crippen LogP contribution in [0.3, 0.4) is 0 Å². The molecule has 0 aliphatic carbocycles. The maximum absolute atomic E-state index is 12.8. The van der Waals surface area contributed by atoms with Gasteiger partial charge in [-0.3, -0.25) is 10.4 Å². The summed E-state index contributed by atoms with van der Waals surface area (Å²) in [6.07, 6.45) is 2.93. The first-order valence-corrected chi connectivity index (χ1v) is 6.67. The number of unbranched alkanes of at least 4 members (excludes halogenated alkanes) is 1. The zero-order chi connectivity index (χ0) is 14.1. The Balaban J connectivity index is 2.46. The van der Waals surface area contributed by atoms with Gasteiger partial charge in [-0.05, 0) is 37.5 Å². The van der Waals surface area contributed by atoms with E-state index < -0.39 is 0 Å². The van der Waals surface area contributed by atoms with Crippen LogP contribution in [0.15, 0.2) is 29.3 Å². The molecule has 0 aromatic heterocycles. The molecule has 19 heavy (non-hydrogen) atoms. The summed E-state index contributed by atoms with van der Waals surface area (Å²) in [5.41, 5.74) is 3.64. The van der Waals surface area contributed by atoms with Crippen LogP contribution < -0.4 is 16.6 Å². The standard InChI is InChI=1S/C14H23FN4/c1-3-4-9-17-14(19-16)18-11(2)10-12-5-7-13(15)8-6-12/h5-8,11H,3-4,9-10,16H2,1-2H3,(H2,17,18,19). The van der Waals surface area contributed by atoms with Crippen LogP contribution in [-0.4, -0.2) is 18.5 Å². The maximum atomic E-state index is 12.8. The molecule has 4 nitrogen and oxygen atoms in total. The third kappa shape index (κ3) is 6.20. The first-order chi connectivity index (χ1) is 9.15. The number of nitrogens with two attached hydrogens (primary N) is 1. The fraction of sp³-hybridized carbons (Fsp3) is 0.500. The number of nitrogens with one attached hydrogen (secondary N) is 2. The van der Waals surface area contributed by atoms with E-state index in [4.69, 9.17) is 5.84 Å². The molecular weight excluding hydrogens is 243 g/mol. The SMILES string of the molecule is CCCCN=C(NN)NC(C)Cc1ccc(F)cc1. The Hall–Kier alpha value is -1.62. The minimum absolute atomic E-state index is 0.168. The van der Waals surface area contributed by atoms with E-state index in [0.29, 0.717) is 5.96 Å². The maximum Gasteiger partial charge on any atom is 0.205 e. The lowest BCUT2D eigenvalue weighted by atomic mass is 10.1. The molecule has 0 radical (unpaired) electrons. The lowest BCUT2D eigenvalue weighted by molar-refractivity contribution is 0.620. The summed E-state index contributed by atoms with van der Waals surface area (Å²) in [6.45, 7) is 4.91.